The number of aromatic nitrogens is 1. The molecule has 4 heteroatoms. The van der Waals surface area contributed by atoms with Gasteiger partial charge in [-0.1, -0.05) is 12.1 Å². The van der Waals surface area contributed by atoms with Crippen LogP contribution in [0.2, 0.25) is 0 Å². The van der Waals surface area contributed by atoms with Crippen LogP contribution in [-0.4, -0.2) is 4.98 Å². The van der Waals surface area contributed by atoms with E-state index >= 15 is 0 Å². The van der Waals surface area contributed by atoms with Gasteiger partial charge in [-0.15, -0.1) is 11.3 Å². The maximum absolute atomic E-state index is 13.1. The lowest BCUT2D eigenvalue weighted by molar-refractivity contribution is 0.562. The molecule has 94 valence electrons. The minimum atomic E-state index is -0.189. The van der Waals surface area contributed by atoms with E-state index in [0.29, 0.717) is 6.42 Å². The molecule has 18 heavy (non-hydrogen) atoms. The summed E-state index contributed by atoms with van der Waals surface area (Å²) in [4.78, 5) is 5.95. The first-order valence-corrected chi connectivity index (χ1v) is 7.02. The molecule has 0 aliphatic heterocycles. The second-order valence-corrected chi connectivity index (χ2v) is 5.89. The van der Waals surface area contributed by atoms with Gasteiger partial charge in [0.2, 0.25) is 0 Å². The summed E-state index contributed by atoms with van der Waals surface area (Å²) in [6.07, 6.45) is 3.96. The van der Waals surface area contributed by atoms with Gasteiger partial charge in [-0.2, -0.15) is 0 Å². The fraction of sp³-hybridized carbons (Fsp3) is 0.357. The molecule has 1 aliphatic carbocycles. The van der Waals surface area contributed by atoms with Crippen molar-refractivity contribution in [3.63, 3.8) is 0 Å². The second-order valence-electron chi connectivity index (χ2n) is 4.72. The Morgan fingerprint density at radius 2 is 2.33 bits per heavy atom. The first-order chi connectivity index (χ1) is 8.72. The van der Waals surface area contributed by atoms with Gasteiger partial charge in [-0.05, 0) is 37.0 Å². The molecule has 1 aliphatic rings. The van der Waals surface area contributed by atoms with E-state index < -0.39 is 0 Å². The van der Waals surface area contributed by atoms with Crippen LogP contribution >= 0.6 is 11.3 Å². The van der Waals surface area contributed by atoms with Crippen LogP contribution in [0.15, 0.2) is 24.3 Å². The zero-order valence-electron chi connectivity index (χ0n) is 10.0. The van der Waals surface area contributed by atoms with Crippen LogP contribution in [0.3, 0.4) is 0 Å². The van der Waals surface area contributed by atoms with Crippen molar-refractivity contribution < 1.29 is 4.39 Å². The Hall–Kier alpha value is -1.26. The molecule has 1 aromatic heterocycles. The maximum atomic E-state index is 13.1. The number of benzene rings is 1. The molecule has 2 nitrogen and oxygen atoms in total. The van der Waals surface area contributed by atoms with Gasteiger partial charge in [0.05, 0.1) is 10.7 Å². The topological polar surface area (TPSA) is 38.9 Å². The summed E-state index contributed by atoms with van der Waals surface area (Å²) in [6, 6.07) is 6.80. The SMILES string of the molecule is NC1CCCc2sc(Cc3cccc(F)c3)nc21. The van der Waals surface area contributed by atoms with E-state index in [0.717, 1.165) is 35.5 Å². The van der Waals surface area contributed by atoms with Gasteiger partial charge in [-0.25, -0.2) is 9.37 Å². The molecule has 2 aromatic rings. The molecule has 1 atom stereocenters. The molecule has 0 amide bonds. The van der Waals surface area contributed by atoms with Crippen molar-refractivity contribution in [3.8, 4) is 0 Å². The fourth-order valence-electron chi connectivity index (χ4n) is 2.40. The molecule has 1 aromatic carbocycles. The number of aryl methyl sites for hydroxylation is 1. The number of nitrogens with two attached hydrogens (primary N) is 1. The Morgan fingerprint density at radius 3 is 3.11 bits per heavy atom. The predicted octanol–water partition coefficient (Wildman–Crippen LogP) is 3.21. The fourth-order valence-corrected chi connectivity index (χ4v) is 3.61. The molecule has 3 rings (SSSR count). The van der Waals surface area contributed by atoms with Crippen molar-refractivity contribution >= 4 is 11.3 Å². The third kappa shape index (κ3) is 2.31. The highest BCUT2D eigenvalue weighted by Gasteiger charge is 2.21. The third-order valence-corrected chi connectivity index (χ3v) is 4.42. The minimum Gasteiger partial charge on any atom is -0.323 e. The molecule has 0 spiro atoms. The van der Waals surface area contributed by atoms with Gasteiger partial charge in [0.15, 0.2) is 0 Å². The molecule has 0 saturated carbocycles. The van der Waals surface area contributed by atoms with Gasteiger partial charge in [0.1, 0.15) is 5.82 Å². The van der Waals surface area contributed by atoms with Crippen molar-refractivity contribution in [2.75, 3.05) is 0 Å². The van der Waals surface area contributed by atoms with Crippen molar-refractivity contribution in [3.05, 3.63) is 51.2 Å². The van der Waals surface area contributed by atoms with Crippen molar-refractivity contribution in [1.29, 1.82) is 0 Å². The number of nitrogens with zero attached hydrogens (tertiary/aromatic N) is 1. The summed E-state index contributed by atoms with van der Waals surface area (Å²) in [7, 11) is 0. The molecular formula is C14H15FN2S. The molecule has 0 fully saturated rings. The molecular weight excluding hydrogens is 247 g/mol. The normalized spacial score (nSPS) is 18.7. The van der Waals surface area contributed by atoms with Crippen LogP contribution < -0.4 is 5.73 Å². The van der Waals surface area contributed by atoms with Crippen LogP contribution in [-0.2, 0) is 12.8 Å². The summed E-state index contributed by atoms with van der Waals surface area (Å²) in [5.41, 5.74) is 8.10. The number of halogens is 1. The Morgan fingerprint density at radius 1 is 1.44 bits per heavy atom. The average Bonchev–Trinajstić information content (AvgIpc) is 2.73. The van der Waals surface area contributed by atoms with Crippen LogP contribution in [0.5, 0.6) is 0 Å². The van der Waals surface area contributed by atoms with Gasteiger partial charge in [0.25, 0.3) is 0 Å². The molecule has 1 unspecified atom stereocenters. The Balaban J connectivity index is 1.85. The number of hydrogen-bond donors (Lipinski definition) is 1. The molecule has 0 saturated heterocycles. The zero-order valence-corrected chi connectivity index (χ0v) is 10.8. The number of hydrogen-bond acceptors (Lipinski definition) is 3. The van der Waals surface area contributed by atoms with Crippen LogP contribution in [0.25, 0.3) is 0 Å². The quantitative estimate of drug-likeness (QED) is 0.902. The first kappa shape index (κ1) is 11.8. The van der Waals surface area contributed by atoms with E-state index in [9.17, 15) is 4.39 Å². The van der Waals surface area contributed by atoms with E-state index in [1.165, 1.54) is 10.9 Å². The Kier molecular flexibility index (Phi) is 3.14. The number of rotatable bonds is 2. The van der Waals surface area contributed by atoms with Crippen molar-refractivity contribution in [2.24, 2.45) is 5.73 Å². The highest BCUT2D eigenvalue weighted by atomic mass is 32.1. The van der Waals surface area contributed by atoms with Gasteiger partial charge < -0.3 is 5.73 Å². The first-order valence-electron chi connectivity index (χ1n) is 6.21. The van der Waals surface area contributed by atoms with E-state index in [2.05, 4.69) is 4.98 Å². The summed E-state index contributed by atoms with van der Waals surface area (Å²) >= 11 is 1.73. The average molecular weight is 262 g/mol. The molecule has 1 heterocycles. The smallest absolute Gasteiger partial charge is 0.123 e. The largest absolute Gasteiger partial charge is 0.323 e. The summed E-state index contributed by atoms with van der Waals surface area (Å²) in [5, 5.41) is 1.04. The number of fused-ring (bicyclic) bond motifs is 1. The highest BCUT2D eigenvalue weighted by Crippen LogP contribution is 2.32. The summed E-state index contributed by atoms with van der Waals surface area (Å²) in [5.74, 6) is -0.189. The second kappa shape index (κ2) is 4.78. The Labute approximate surface area is 110 Å². The molecule has 0 radical (unpaired) electrons. The predicted molar refractivity (Wildman–Crippen MR) is 71.2 cm³/mol. The van der Waals surface area contributed by atoms with Crippen molar-refractivity contribution in [1.82, 2.24) is 4.98 Å². The standard InChI is InChI=1S/C14H15FN2S/c15-10-4-1-3-9(7-10)8-13-17-14-11(16)5-2-6-12(14)18-13/h1,3-4,7,11H,2,5-6,8,16H2. The van der Waals surface area contributed by atoms with Crippen molar-refractivity contribution in [2.45, 2.75) is 31.7 Å². The molecule has 2 N–H and O–H groups in total. The van der Waals surface area contributed by atoms with E-state index in [4.69, 9.17) is 5.73 Å². The zero-order chi connectivity index (χ0) is 12.5. The third-order valence-electron chi connectivity index (χ3n) is 3.29. The molecule has 0 bridgehead atoms. The monoisotopic (exact) mass is 262 g/mol. The van der Waals surface area contributed by atoms with Crippen LogP contribution in [0, 0.1) is 5.82 Å². The lowest BCUT2D eigenvalue weighted by Gasteiger charge is -2.15. The van der Waals surface area contributed by atoms with Gasteiger partial charge in [0, 0.05) is 17.3 Å². The van der Waals surface area contributed by atoms with Gasteiger partial charge >= 0.3 is 0 Å². The van der Waals surface area contributed by atoms with Gasteiger partial charge in [-0.3, -0.25) is 0 Å². The summed E-state index contributed by atoms with van der Waals surface area (Å²) < 4.78 is 13.1. The van der Waals surface area contributed by atoms with Crippen LogP contribution in [0.4, 0.5) is 4.39 Å². The van der Waals surface area contributed by atoms with E-state index in [1.54, 1.807) is 23.5 Å². The Bertz CT molecular complexity index is 565. The summed E-state index contributed by atoms with van der Waals surface area (Å²) in [6.45, 7) is 0. The van der Waals surface area contributed by atoms with Crippen LogP contribution in [0.1, 0.15) is 40.0 Å². The van der Waals surface area contributed by atoms with E-state index in [1.807, 2.05) is 6.07 Å². The number of thiazole rings is 1. The maximum Gasteiger partial charge on any atom is 0.123 e. The highest BCUT2D eigenvalue weighted by molar-refractivity contribution is 7.11. The lowest BCUT2D eigenvalue weighted by atomic mass is 9.99. The lowest BCUT2D eigenvalue weighted by Crippen LogP contribution is -2.16. The van der Waals surface area contributed by atoms with E-state index in [-0.39, 0.29) is 11.9 Å². The minimum absolute atomic E-state index is 0.0891.